The van der Waals surface area contributed by atoms with Crippen molar-refractivity contribution in [2.24, 2.45) is 5.73 Å². The molecule has 1 atom stereocenters. The van der Waals surface area contributed by atoms with Crippen LogP contribution in [0, 0.1) is 0 Å². The second-order valence-electron chi connectivity index (χ2n) is 4.86. The summed E-state index contributed by atoms with van der Waals surface area (Å²) in [6, 6.07) is 4.63. The molecule has 1 fully saturated rings. The summed E-state index contributed by atoms with van der Waals surface area (Å²) in [7, 11) is 0. The van der Waals surface area contributed by atoms with Gasteiger partial charge in [0.05, 0.1) is 6.04 Å². The van der Waals surface area contributed by atoms with Gasteiger partial charge >= 0.3 is 6.36 Å². The third-order valence-corrected chi connectivity index (χ3v) is 3.14. The van der Waals surface area contributed by atoms with Crippen molar-refractivity contribution < 1.29 is 22.4 Å². The first-order valence-corrected chi connectivity index (χ1v) is 6.37. The number of rotatable bonds is 4. The molecule has 1 aliphatic carbocycles. The first kappa shape index (κ1) is 13.9. The van der Waals surface area contributed by atoms with E-state index in [1.807, 2.05) is 0 Å². The van der Waals surface area contributed by atoms with Crippen LogP contribution in [0.4, 0.5) is 13.2 Å². The molecule has 1 aromatic carbocycles. The fourth-order valence-corrected chi connectivity index (χ4v) is 1.90. The van der Waals surface area contributed by atoms with E-state index in [1.54, 1.807) is 0 Å². The molecule has 8 heteroatoms. The number of hydrogen-bond donors (Lipinski definition) is 1. The van der Waals surface area contributed by atoms with E-state index in [9.17, 15) is 13.2 Å². The molecule has 21 heavy (non-hydrogen) atoms. The second-order valence-corrected chi connectivity index (χ2v) is 4.86. The summed E-state index contributed by atoms with van der Waals surface area (Å²) < 4.78 is 45.1. The Morgan fingerprint density at radius 2 is 1.90 bits per heavy atom. The molecule has 2 N–H and O–H groups in total. The highest BCUT2D eigenvalue weighted by Crippen LogP contribution is 2.39. The van der Waals surface area contributed by atoms with Gasteiger partial charge in [0, 0.05) is 5.92 Å². The lowest BCUT2D eigenvalue weighted by molar-refractivity contribution is -0.274. The van der Waals surface area contributed by atoms with Gasteiger partial charge in [-0.25, -0.2) is 0 Å². The maximum absolute atomic E-state index is 12.1. The molecule has 0 bridgehead atoms. The van der Waals surface area contributed by atoms with E-state index in [0.717, 1.165) is 12.8 Å². The summed E-state index contributed by atoms with van der Waals surface area (Å²) in [5.41, 5.74) is 6.56. The standard InChI is InChI=1S/C13H12F3N3O2/c14-13(15,16)20-9-5-3-7(4-6-9)10(17)11-18-12(21-19-11)8-1-2-8/h3-6,8,10H,1-2,17H2. The normalized spacial score (nSPS) is 16.8. The lowest BCUT2D eigenvalue weighted by Gasteiger charge is -2.11. The average Bonchev–Trinajstić information content (AvgIpc) is 3.15. The molecule has 0 spiro atoms. The number of ether oxygens (including phenoxy) is 1. The Hall–Kier alpha value is -2.09. The van der Waals surface area contributed by atoms with E-state index in [1.165, 1.54) is 24.3 Å². The van der Waals surface area contributed by atoms with Gasteiger partial charge < -0.3 is 15.0 Å². The van der Waals surface area contributed by atoms with Gasteiger partial charge in [-0.05, 0) is 30.5 Å². The van der Waals surface area contributed by atoms with Gasteiger partial charge in [0.15, 0.2) is 5.82 Å². The van der Waals surface area contributed by atoms with Gasteiger partial charge in [-0.2, -0.15) is 4.98 Å². The van der Waals surface area contributed by atoms with E-state index in [0.29, 0.717) is 23.2 Å². The third kappa shape index (κ3) is 3.33. The zero-order valence-electron chi connectivity index (χ0n) is 10.8. The van der Waals surface area contributed by atoms with Gasteiger partial charge in [0.25, 0.3) is 0 Å². The van der Waals surface area contributed by atoms with Crippen LogP contribution in [0.5, 0.6) is 5.75 Å². The molecule has 1 saturated carbocycles. The molecule has 5 nitrogen and oxygen atoms in total. The van der Waals surface area contributed by atoms with Gasteiger partial charge in [-0.1, -0.05) is 17.3 Å². The lowest BCUT2D eigenvalue weighted by atomic mass is 10.1. The van der Waals surface area contributed by atoms with E-state index >= 15 is 0 Å². The predicted molar refractivity (Wildman–Crippen MR) is 65.4 cm³/mol. The topological polar surface area (TPSA) is 74.2 Å². The first-order valence-electron chi connectivity index (χ1n) is 6.37. The van der Waals surface area contributed by atoms with Crippen LogP contribution in [-0.2, 0) is 0 Å². The Labute approximate surface area is 117 Å². The molecular weight excluding hydrogens is 287 g/mol. The summed E-state index contributed by atoms with van der Waals surface area (Å²) in [5.74, 6) is 0.908. The van der Waals surface area contributed by atoms with Crippen LogP contribution >= 0.6 is 0 Å². The van der Waals surface area contributed by atoms with Gasteiger partial charge in [-0.15, -0.1) is 13.2 Å². The average molecular weight is 299 g/mol. The van der Waals surface area contributed by atoms with Crippen molar-refractivity contribution in [1.29, 1.82) is 0 Å². The first-order chi connectivity index (χ1) is 9.92. The molecule has 1 aliphatic rings. The number of halogens is 3. The highest BCUT2D eigenvalue weighted by Gasteiger charge is 2.32. The largest absolute Gasteiger partial charge is 0.573 e. The van der Waals surface area contributed by atoms with Crippen LogP contribution in [0.15, 0.2) is 28.8 Å². The fraction of sp³-hybridized carbons (Fsp3) is 0.385. The fourth-order valence-electron chi connectivity index (χ4n) is 1.90. The van der Waals surface area contributed by atoms with Crippen molar-refractivity contribution in [2.45, 2.75) is 31.2 Å². The van der Waals surface area contributed by atoms with E-state index in [-0.39, 0.29) is 5.75 Å². The van der Waals surface area contributed by atoms with Crippen LogP contribution < -0.4 is 10.5 Å². The van der Waals surface area contributed by atoms with Gasteiger partial charge in [0.1, 0.15) is 5.75 Å². The Kier molecular flexibility index (Phi) is 3.32. The number of aromatic nitrogens is 2. The molecule has 3 rings (SSSR count). The van der Waals surface area contributed by atoms with Crippen LogP contribution in [0.25, 0.3) is 0 Å². The molecule has 0 saturated heterocycles. The molecule has 0 aliphatic heterocycles. The molecule has 1 aromatic heterocycles. The van der Waals surface area contributed by atoms with Crippen molar-refractivity contribution in [3.8, 4) is 5.75 Å². The van der Waals surface area contributed by atoms with Crippen LogP contribution in [0.2, 0.25) is 0 Å². The van der Waals surface area contributed by atoms with Crippen LogP contribution in [0.1, 0.15) is 42.1 Å². The minimum Gasteiger partial charge on any atom is -0.406 e. The second kappa shape index (κ2) is 5.03. The van der Waals surface area contributed by atoms with E-state index < -0.39 is 12.4 Å². The Bertz CT molecular complexity index is 620. The zero-order valence-corrected chi connectivity index (χ0v) is 10.8. The minimum absolute atomic E-state index is 0.301. The van der Waals surface area contributed by atoms with Crippen molar-refractivity contribution in [2.75, 3.05) is 0 Å². The van der Waals surface area contributed by atoms with Crippen molar-refractivity contribution in [3.05, 3.63) is 41.5 Å². The summed E-state index contributed by atoms with van der Waals surface area (Å²) in [5, 5.41) is 3.81. The monoisotopic (exact) mass is 299 g/mol. The van der Waals surface area contributed by atoms with Crippen LogP contribution in [0.3, 0.4) is 0 Å². The van der Waals surface area contributed by atoms with Crippen molar-refractivity contribution >= 4 is 0 Å². The minimum atomic E-state index is -4.71. The van der Waals surface area contributed by atoms with Gasteiger partial charge in [-0.3, -0.25) is 0 Å². The highest BCUT2D eigenvalue weighted by molar-refractivity contribution is 5.31. The van der Waals surface area contributed by atoms with Crippen molar-refractivity contribution in [1.82, 2.24) is 10.1 Å². The Balaban J connectivity index is 1.72. The molecule has 0 amide bonds. The number of nitrogens with two attached hydrogens (primary N) is 1. The SMILES string of the molecule is NC(c1ccc(OC(F)(F)F)cc1)c1noc(C2CC2)n1. The summed E-state index contributed by atoms with van der Waals surface area (Å²) in [6.07, 6.45) is -2.66. The number of benzene rings is 1. The lowest BCUT2D eigenvalue weighted by Crippen LogP contribution is -2.17. The maximum atomic E-state index is 12.1. The number of hydrogen-bond acceptors (Lipinski definition) is 5. The number of alkyl halides is 3. The molecule has 112 valence electrons. The molecule has 1 heterocycles. The van der Waals surface area contributed by atoms with E-state index in [2.05, 4.69) is 14.9 Å². The number of nitrogens with zero attached hydrogens (tertiary/aromatic N) is 2. The van der Waals surface area contributed by atoms with Gasteiger partial charge in [0.2, 0.25) is 5.89 Å². The highest BCUT2D eigenvalue weighted by atomic mass is 19.4. The molecular formula is C13H12F3N3O2. The maximum Gasteiger partial charge on any atom is 0.573 e. The zero-order chi connectivity index (χ0) is 15.0. The van der Waals surface area contributed by atoms with Crippen molar-refractivity contribution in [3.63, 3.8) is 0 Å². The third-order valence-electron chi connectivity index (χ3n) is 3.14. The Morgan fingerprint density at radius 1 is 1.24 bits per heavy atom. The Morgan fingerprint density at radius 3 is 2.48 bits per heavy atom. The predicted octanol–water partition coefficient (Wildman–Crippen LogP) is 2.89. The summed E-state index contributed by atoms with van der Waals surface area (Å²) >= 11 is 0. The molecule has 2 aromatic rings. The summed E-state index contributed by atoms with van der Waals surface area (Å²) in [6.45, 7) is 0. The quantitative estimate of drug-likeness (QED) is 0.939. The van der Waals surface area contributed by atoms with Crippen LogP contribution in [-0.4, -0.2) is 16.5 Å². The van der Waals surface area contributed by atoms with E-state index in [4.69, 9.17) is 10.3 Å². The summed E-state index contributed by atoms with van der Waals surface area (Å²) in [4.78, 5) is 4.22. The molecule has 0 radical (unpaired) electrons. The smallest absolute Gasteiger partial charge is 0.406 e. The molecule has 1 unspecified atom stereocenters.